The molecule has 0 radical (unpaired) electrons. The molecule has 0 spiro atoms. The zero-order valence-corrected chi connectivity index (χ0v) is 10.7. The zero-order valence-electron chi connectivity index (χ0n) is 10.7. The van der Waals surface area contributed by atoms with Crippen LogP contribution in [0.25, 0.3) is 0 Å². The Bertz CT molecular complexity index is 267. The molecule has 0 amide bonds. The van der Waals surface area contributed by atoms with E-state index in [4.69, 9.17) is 4.74 Å². The molecule has 0 aromatic rings. The number of ether oxygens (including phenoxy) is 1. The van der Waals surface area contributed by atoms with E-state index in [0.29, 0.717) is 13.0 Å². The highest BCUT2D eigenvalue weighted by atomic mass is 19.4. The lowest BCUT2D eigenvalue weighted by Crippen LogP contribution is -2.54. The van der Waals surface area contributed by atoms with Gasteiger partial charge in [0.05, 0.1) is 18.6 Å². The first-order valence-electron chi connectivity index (χ1n) is 6.61. The molecule has 3 nitrogen and oxygen atoms in total. The minimum absolute atomic E-state index is 0.00531. The molecule has 18 heavy (non-hydrogen) atoms. The van der Waals surface area contributed by atoms with Gasteiger partial charge in [-0.1, -0.05) is 0 Å². The minimum atomic E-state index is -4.07. The molecule has 2 fully saturated rings. The summed E-state index contributed by atoms with van der Waals surface area (Å²) in [5.41, 5.74) is 0. The fourth-order valence-electron chi connectivity index (χ4n) is 2.77. The van der Waals surface area contributed by atoms with Crippen LogP contribution in [-0.2, 0) is 4.74 Å². The first-order chi connectivity index (χ1) is 8.48. The van der Waals surface area contributed by atoms with Crippen LogP contribution in [0.4, 0.5) is 13.2 Å². The van der Waals surface area contributed by atoms with E-state index in [-0.39, 0.29) is 25.1 Å². The van der Waals surface area contributed by atoms with Gasteiger partial charge >= 0.3 is 6.18 Å². The number of likely N-dealkylation sites (tertiary alicyclic amines) is 1. The second-order valence-corrected chi connectivity index (χ2v) is 5.23. The lowest BCUT2D eigenvalue weighted by molar-refractivity contribution is -0.190. The van der Waals surface area contributed by atoms with E-state index in [1.54, 1.807) is 0 Å². The predicted octanol–water partition coefficient (Wildman–Crippen LogP) is 1.64. The first kappa shape index (κ1) is 14.1. The molecule has 3 unspecified atom stereocenters. The molecule has 0 aliphatic carbocycles. The van der Waals surface area contributed by atoms with Crippen molar-refractivity contribution in [3.05, 3.63) is 0 Å². The van der Waals surface area contributed by atoms with Gasteiger partial charge in [-0.05, 0) is 26.3 Å². The topological polar surface area (TPSA) is 24.5 Å². The molecule has 2 heterocycles. The van der Waals surface area contributed by atoms with Crippen LogP contribution in [0.2, 0.25) is 0 Å². The molecule has 0 aromatic carbocycles. The van der Waals surface area contributed by atoms with Gasteiger partial charge in [0.2, 0.25) is 0 Å². The van der Waals surface area contributed by atoms with Gasteiger partial charge in [-0.15, -0.1) is 0 Å². The van der Waals surface area contributed by atoms with E-state index in [1.165, 1.54) is 0 Å². The van der Waals surface area contributed by atoms with Gasteiger partial charge in [0.15, 0.2) is 0 Å². The molecule has 2 rings (SSSR count). The average molecular weight is 266 g/mol. The lowest BCUT2D eigenvalue weighted by atomic mass is 9.95. The standard InChI is InChI=1S/C12H21F3N2O/c1-9(11-7-16-4-6-18-11)17-5-2-3-10(8-17)12(13,14)15/h9-11,16H,2-8H2,1H3. The Morgan fingerprint density at radius 3 is 2.78 bits per heavy atom. The SMILES string of the molecule is CC(C1CNCCO1)N1CCCC(C(F)(F)F)C1. The van der Waals surface area contributed by atoms with Crippen molar-refractivity contribution in [2.75, 3.05) is 32.8 Å². The van der Waals surface area contributed by atoms with Crippen LogP contribution >= 0.6 is 0 Å². The normalized spacial score (nSPS) is 33.3. The Labute approximate surface area is 106 Å². The predicted molar refractivity (Wildman–Crippen MR) is 62.4 cm³/mol. The lowest BCUT2D eigenvalue weighted by Gasteiger charge is -2.41. The minimum Gasteiger partial charge on any atom is -0.374 e. The van der Waals surface area contributed by atoms with Crippen LogP contribution in [0.5, 0.6) is 0 Å². The quantitative estimate of drug-likeness (QED) is 0.822. The second-order valence-electron chi connectivity index (χ2n) is 5.23. The van der Waals surface area contributed by atoms with Crippen LogP contribution in [0.3, 0.4) is 0 Å². The number of nitrogens with zero attached hydrogens (tertiary/aromatic N) is 1. The molecule has 0 bridgehead atoms. The number of halogens is 3. The summed E-state index contributed by atoms with van der Waals surface area (Å²) in [4.78, 5) is 1.93. The molecule has 106 valence electrons. The van der Waals surface area contributed by atoms with Crippen LogP contribution in [0.1, 0.15) is 19.8 Å². The molecule has 3 atom stereocenters. The Balaban J connectivity index is 1.91. The van der Waals surface area contributed by atoms with E-state index in [2.05, 4.69) is 5.32 Å². The number of hydrogen-bond donors (Lipinski definition) is 1. The summed E-state index contributed by atoms with van der Waals surface area (Å²) in [6, 6.07) is 0.0444. The number of alkyl halides is 3. The van der Waals surface area contributed by atoms with E-state index in [1.807, 2.05) is 11.8 Å². The van der Waals surface area contributed by atoms with Gasteiger partial charge in [0.25, 0.3) is 0 Å². The third-order valence-corrected chi connectivity index (χ3v) is 3.99. The maximum absolute atomic E-state index is 12.8. The monoisotopic (exact) mass is 266 g/mol. The number of rotatable bonds is 2. The van der Waals surface area contributed by atoms with Crippen molar-refractivity contribution in [3.8, 4) is 0 Å². The van der Waals surface area contributed by atoms with Crippen molar-refractivity contribution in [3.63, 3.8) is 0 Å². The van der Waals surface area contributed by atoms with Crippen molar-refractivity contribution in [2.24, 2.45) is 5.92 Å². The summed E-state index contributed by atoms with van der Waals surface area (Å²) in [6.45, 7) is 5.03. The van der Waals surface area contributed by atoms with E-state index in [9.17, 15) is 13.2 Å². The highest BCUT2D eigenvalue weighted by molar-refractivity contribution is 4.86. The van der Waals surface area contributed by atoms with Crippen LogP contribution in [0.15, 0.2) is 0 Å². The Kier molecular flexibility index (Phi) is 4.50. The second kappa shape index (κ2) is 5.75. The molecular formula is C12H21F3N2O. The largest absolute Gasteiger partial charge is 0.393 e. The summed E-state index contributed by atoms with van der Waals surface area (Å²) >= 11 is 0. The van der Waals surface area contributed by atoms with E-state index in [0.717, 1.165) is 19.6 Å². The highest BCUT2D eigenvalue weighted by Crippen LogP contribution is 2.34. The molecule has 2 saturated heterocycles. The molecule has 0 aromatic heterocycles. The van der Waals surface area contributed by atoms with Crippen LogP contribution < -0.4 is 5.32 Å². The molecule has 2 aliphatic heterocycles. The van der Waals surface area contributed by atoms with Gasteiger partial charge in [-0.25, -0.2) is 0 Å². The zero-order chi connectivity index (χ0) is 13.2. The molecule has 6 heteroatoms. The maximum Gasteiger partial charge on any atom is 0.393 e. The maximum atomic E-state index is 12.8. The third-order valence-electron chi connectivity index (χ3n) is 3.99. The van der Waals surface area contributed by atoms with Crippen molar-refractivity contribution >= 4 is 0 Å². The van der Waals surface area contributed by atoms with Gasteiger partial charge in [0, 0.05) is 25.7 Å². The van der Waals surface area contributed by atoms with Crippen molar-refractivity contribution < 1.29 is 17.9 Å². The average Bonchev–Trinajstić information content (AvgIpc) is 2.38. The summed E-state index contributed by atoms with van der Waals surface area (Å²) in [7, 11) is 0. The number of piperidine rings is 1. The van der Waals surface area contributed by atoms with Crippen LogP contribution in [-0.4, -0.2) is 56.0 Å². The van der Waals surface area contributed by atoms with Crippen LogP contribution in [0, 0.1) is 5.92 Å². The van der Waals surface area contributed by atoms with Crippen molar-refractivity contribution in [1.82, 2.24) is 10.2 Å². The highest BCUT2D eigenvalue weighted by Gasteiger charge is 2.43. The summed E-state index contributed by atoms with van der Waals surface area (Å²) in [5.74, 6) is -1.18. The van der Waals surface area contributed by atoms with Gasteiger partial charge in [0.1, 0.15) is 0 Å². The Hall–Kier alpha value is -0.330. The van der Waals surface area contributed by atoms with E-state index >= 15 is 0 Å². The van der Waals surface area contributed by atoms with Gasteiger partial charge < -0.3 is 10.1 Å². The fourth-order valence-corrected chi connectivity index (χ4v) is 2.77. The summed E-state index contributed by atoms with van der Waals surface area (Å²) < 4.78 is 43.9. The first-order valence-corrected chi connectivity index (χ1v) is 6.61. The molecular weight excluding hydrogens is 245 g/mol. The van der Waals surface area contributed by atoms with E-state index < -0.39 is 12.1 Å². The third kappa shape index (κ3) is 3.36. The van der Waals surface area contributed by atoms with Gasteiger partial charge in [-0.2, -0.15) is 13.2 Å². The smallest absolute Gasteiger partial charge is 0.374 e. The Morgan fingerprint density at radius 2 is 2.17 bits per heavy atom. The number of morpholine rings is 1. The molecule has 1 N–H and O–H groups in total. The summed E-state index contributed by atoms with van der Waals surface area (Å²) in [6.07, 6.45) is -3.18. The van der Waals surface area contributed by atoms with Crippen molar-refractivity contribution in [2.45, 2.75) is 38.1 Å². The molecule has 0 saturated carbocycles. The van der Waals surface area contributed by atoms with Gasteiger partial charge in [-0.3, -0.25) is 4.90 Å². The summed E-state index contributed by atoms with van der Waals surface area (Å²) in [5, 5.41) is 3.22. The number of hydrogen-bond acceptors (Lipinski definition) is 3. The number of nitrogens with one attached hydrogen (secondary N) is 1. The Morgan fingerprint density at radius 1 is 1.39 bits per heavy atom. The van der Waals surface area contributed by atoms with Crippen molar-refractivity contribution in [1.29, 1.82) is 0 Å². The molecule has 2 aliphatic rings. The fraction of sp³-hybridized carbons (Fsp3) is 1.00.